The van der Waals surface area contributed by atoms with Gasteiger partial charge in [0.2, 0.25) is 3.79 Å². The van der Waals surface area contributed by atoms with Crippen LogP contribution in [0.25, 0.3) is 0 Å². The van der Waals surface area contributed by atoms with Gasteiger partial charge in [0, 0.05) is 12.5 Å². The van der Waals surface area contributed by atoms with E-state index in [4.69, 9.17) is 40.5 Å². The first-order valence-corrected chi connectivity index (χ1v) is 4.95. The molecule has 0 aromatic carbocycles. The molecule has 0 aliphatic heterocycles. The molecule has 6 heteroatoms. The molecule has 0 aromatic heterocycles. The summed E-state index contributed by atoms with van der Waals surface area (Å²) in [6.07, 6.45) is 0.944. The molecule has 3 nitrogen and oxygen atoms in total. The number of ketones is 1. The number of hydrogen-bond donors (Lipinski definition) is 2. The number of halogens is 3. The molecule has 0 aliphatic carbocycles. The highest BCUT2D eigenvalue weighted by Gasteiger charge is 2.25. The minimum Gasteiger partial charge on any atom is -0.398 e. The van der Waals surface area contributed by atoms with E-state index in [1.54, 1.807) is 0 Å². The Labute approximate surface area is 97.8 Å². The fourth-order valence-electron chi connectivity index (χ4n) is 0.733. The molecule has 0 heterocycles. The van der Waals surface area contributed by atoms with Gasteiger partial charge in [-0.1, -0.05) is 34.8 Å². The third-order valence-corrected chi connectivity index (χ3v) is 1.91. The number of carbonyl (C=O) groups is 1. The first-order chi connectivity index (χ1) is 6.02. The van der Waals surface area contributed by atoms with Crippen molar-refractivity contribution in [2.75, 3.05) is 0 Å². The molecule has 3 N–H and O–H groups in total. The van der Waals surface area contributed by atoms with E-state index in [-0.39, 0.29) is 17.9 Å². The molecule has 0 saturated carbocycles. The van der Waals surface area contributed by atoms with Crippen molar-refractivity contribution in [1.29, 1.82) is 0 Å². The van der Waals surface area contributed by atoms with Gasteiger partial charge in [0.15, 0.2) is 5.78 Å². The van der Waals surface area contributed by atoms with Gasteiger partial charge < -0.3 is 10.8 Å². The Hall–Kier alpha value is 0.0400. The summed E-state index contributed by atoms with van der Waals surface area (Å²) in [4.78, 5) is 11.2. The highest BCUT2D eigenvalue weighted by atomic mass is 35.6. The highest BCUT2D eigenvalue weighted by Crippen LogP contribution is 2.31. The lowest BCUT2D eigenvalue weighted by Gasteiger charge is -2.15. The summed E-state index contributed by atoms with van der Waals surface area (Å²) in [5.41, 5.74) is 4.08. The average Bonchev–Trinajstić information content (AvgIpc) is 1.79. The summed E-state index contributed by atoms with van der Waals surface area (Å²) in [7, 11) is 0. The average molecular weight is 261 g/mol. The molecule has 0 aromatic rings. The van der Waals surface area contributed by atoms with E-state index in [1.807, 2.05) is 0 Å². The van der Waals surface area contributed by atoms with Gasteiger partial charge in [-0.15, -0.1) is 0 Å². The van der Waals surface area contributed by atoms with Gasteiger partial charge in [-0.25, -0.2) is 0 Å². The van der Waals surface area contributed by atoms with Gasteiger partial charge in [0.25, 0.3) is 0 Å². The molecule has 82 valence electrons. The SMILES string of the molecule is CC(C)(O)CC(=O)/C=C(/N)C(Cl)(Cl)Cl. The van der Waals surface area contributed by atoms with Crippen LogP contribution in [0.15, 0.2) is 11.8 Å². The second-order valence-corrected chi connectivity index (χ2v) is 5.83. The van der Waals surface area contributed by atoms with Crippen LogP contribution >= 0.6 is 34.8 Å². The minimum atomic E-state index is -1.78. The van der Waals surface area contributed by atoms with Crippen molar-refractivity contribution < 1.29 is 9.90 Å². The molecule has 14 heavy (non-hydrogen) atoms. The molecular weight excluding hydrogens is 248 g/mol. The Kier molecular flexibility index (Phi) is 4.72. The quantitative estimate of drug-likeness (QED) is 0.602. The third-order valence-electron chi connectivity index (χ3n) is 1.25. The molecule has 0 spiro atoms. The Morgan fingerprint density at radius 1 is 1.43 bits per heavy atom. The van der Waals surface area contributed by atoms with Gasteiger partial charge >= 0.3 is 0 Å². The van der Waals surface area contributed by atoms with Crippen LogP contribution in [0.1, 0.15) is 20.3 Å². The lowest BCUT2D eigenvalue weighted by atomic mass is 10.0. The summed E-state index contributed by atoms with van der Waals surface area (Å²) in [6.45, 7) is 3.01. The normalized spacial score (nSPS) is 14.3. The molecule has 0 fully saturated rings. The predicted molar refractivity (Wildman–Crippen MR) is 58.5 cm³/mol. The molecule has 0 aliphatic rings. The van der Waals surface area contributed by atoms with Gasteiger partial charge in [-0.05, 0) is 13.8 Å². The van der Waals surface area contributed by atoms with Crippen molar-refractivity contribution in [3.8, 4) is 0 Å². The van der Waals surface area contributed by atoms with E-state index in [2.05, 4.69) is 0 Å². The maximum absolute atomic E-state index is 11.2. The maximum Gasteiger partial charge on any atom is 0.230 e. The third kappa shape index (κ3) is 6.49. The van der Waals surface area contributed by atoms with Crippen molar-refractivity contribution in [3.63, 3.8) is 0 Å². The summed E-state index contributed by atoms with van der Waals surface area (Å²) < 4.78 is -1.78. The number of hydrogen-bond acceptors (Lipinski definition) is 3. The molecule has 0 radical (unpaired) electrons. The molecule has 0 atom stereocenters. The van der Waals surface area contributed by atoms with E-state index in [0.29, 0.717) is 0 Å². The lowest BCUT2D eigenvalue weighted by Crippen LogP contribution is -2.24. The second kappa shape index (κ2) is 4.71. The van der Waals surface area contributed by atoms with Crippen LogP contribution in [0.3, 0.4) is 0 Å². The van der Waals surface area contributed by atoms with Crippen molar-refractivity contribution in [2.45, 2.75) is 29.7 Å². The smallest absolute Gasteiger partial charge is 0.230 e. The zero-order valence-corrected chi connectivity index (χ0v) is 10.1. The maximum atomic E-state index is 11.2. The first-order valence-electron chi connectivity index (χ1n) is 3.82. The Balaban J connectivity index is 4.46. The zero-order chi connectivity index (χ0) is 11.6. The Morgan fingerprint density at radius 2 is 1.86 bits per heavy atom. The molecular formula is C8H12Cl3NO2. The molecule has 0 rings (SSSR count). The summed E-state index contributed by atoms with van der Waals surface area (Å²) in [5, 5.41) is 9.31. The topological polar surface area (TPSA) is 63.3 Å². The van der Waals surface area contributed by atoms with Crippen LogP contribution in [-0.4, -0.2) is 20.3 Å². The Bertz CT molecular complexity index is 250. The van der Waals surface area contributed by atoms with E-state index in [9.17, 15) is 9.90 Å². The van der Waals surface area contributed by atoms with Gasteiger partial charge in [0.05, 0.1) is 11.3 Å². The largest absolute Gasteiger partial charge is 0.398 e. The number of carbonyl (C=O) groups excluding carboxylic acids is 1. The van der Waals surface area contributed by atoms with Crippen LogP contribution in [0.4, 0.5) is 0 Å². The van der Waals surface area contributed by atoms with Crippen LogP contribution in [-0.2, 0) is 4.79 Å². The van der Waals surface area contributed by atoms with E-state index >= 15 is 0 Å². The monoisotopic (exact) mass is 259 g/mol. The Morgan fingerprint density at radius 3 is 2.14 bits per heavy atom. The summed E-state index contributed by atoms with van der Waals surface area (Å²) >= 11 is 16.3. The van der Waals surface area contributed by atoms with Crippen molar-refractivity contribution in [1.82, 2.24) is 0 Å². The number of aliphatic hydroxyl groups is 1. The van der Waals surface area contributed by atoms with E-state index < -0.39 is 9.39 Å². The van der Waals surface area contributed by atoms with Crippen molar-refractivity contribution in [2.24, 2.45) is 5.73 Å². The number of allylic oxidation sites excluding steroid dienone is 2. The number of rotatable bonds is 3. The van der Waals surface area contributed by atoms with Crippen LogP contribution in [0, 0.1) is 0 Å². The first kappa shape index (κ1) is 14.0. The van der Waals surface area contributed by atoms with Gasteiger partial charge in [-0.3, -0.25) is 4.79 Å². The van der Waals surface area contributed by atoms with Gasteiger partial charge in [-0.2, -0.15) is 0 Å². The molecule has 0 bridgehead atoms. The fourth-order valence-corrected chi connectivity index (χ4v) is 0.896. The van der Waals surface area contributed by atoms with Crippen molar-refractivity contribution >= 4 is 40.6 Å². The van der Waals surface area contributed by atoms with Gasteiger partial charge in [0.1, 0.15) is 0 Å². The lowest BCUT2D eigenvalue weighted by molar-refractivity contribution is -0.118. The van der Waals surface area contributed by atoms with E-state index in [1.165, 1.54) is 13.8 Å². The second-order valence-electron chi connectivity index (χ2n) is 3.55. The number of alkyl halides is 3. The predicted octanol–water partition coefficient (Wildman–Crippen LogP) is 1.93. The molecule has 0 unspecified atom stereocenters. The highest BCUT2D eigenvalue weighted by molar-refractivity contribution is 6.69. The van der Waals surface area contributed by atoms with Crippen molar-refractivity contribution in [3.05, 3.63) is 11.8 Å². The molecule has 0 saturated heterocycles. The van der Waals surface area contributed by atoms with Crippen LogP contribution in [0.5, 0.6) is 0 Å². The molecule has 0 amide bonds. The standard InChI is InChI=1S/C8H12Cl3NO2/c1-7(2,14)4-5(13)3-6(12)8(9,10)11/h3,14H,4,12H2,1-2H3/b6-3+. The van der Waals surface area contributed by atoms with E-state index in [0.717, 1.165) is 6.08 Å². The zero-order valence-electron chi connectivity index (χ0n) is 7.85. The minimum absolute atomic E-state index is 0.0750. The van der Waals surface area contributed by atoms with Crippen LogP contribution < -0.4 is 5.73 Å². The summed E-state index contributed by atoms with van der Waals surface area (Å²) in [5.74, 6) is -0.388. The number of nitrogens with two attached hydrogens (primary N) is 1. The summed E-state index contributed by atoms with van der Waals surface area (Å²) in [6, 6.07) is 0. The fraction of sp³-hybridized carbons (Fsp3) is 0.625. The van der Waals surface area contributed by atoms with Crippen LogP contribution in [0.2, 0.25) is 0 Å².